The van der Waals surface area contributed by atoms with Gasteiger partial charge >= 0.3 is 0 Å². The molecule has 2 amide bonds. The van der Waals surface area contributed by atoms with Crippen LogP contribution in [0.2, 0.25) is 0 Å². The predicted molar refractivity (Wildman–Crippen MR) is 79.7 cm³/mol. The summed E-state index contributed by atoms with van der Waals surface area (Å²) >= 11 is 1.59. The highest BCUT2D eigenvalue weighted by molar-refractivity contribution is 7.09. The number of rotatable bonds is 5. The summed E-state index contributed by atoms with van der Waals surface area (Å²) in [5, 5.41) is 7.35. The van der Waals surface area contributed by atoms with E-state index in [1.807, 2.05) is 36.6 Å². The van der Waals surface area contributed by atoms with Gasteiger partial charge in [0.15, 0.2) is 0 Å². The summed E-state index contributed by atoms with van der Waals surface area (Å²) in [4.78, 5) is 24.6. The Balaban J connectivity index is 1.78. The molecule has 0 bridgehead atoms. The number of carbonyl (C=O) groups excluding carboxylic acids is 2. The molecule has 0 aliphatic rings. The fourth-order valence-electron chi connectivity index (χ4n) is 1.74. The zero-order valence-electron chi connectivity index (χ0n) is 11.2. The van der Waals surface area contributed by atoms with Crippen LogP contribution in [0.1, 0.15) is 20.8 Å². The van der Waals surface area contributed by atoms with Crippen LogP contribution in [0.4, 0.5) is 0 Å². The van der Waals surface area contributed by atoms with Crippen molar-refractivity contribution in [1.29, 1.82) is 0 Å². The lowest BCUT2D eigenvalue weighted by Gasteiger charge is -2.07. The Bertz CT molecular complexity index is 594. The van der Waals surface area contributed by atoms with E-state index in [2.05, 4.69) is 10.6 Å². The maximum absolute atomic E-state index is 11.9. The molecule has 2 rings (SSSR count). The van der Waals surface area contributed by atoms with Crippen LogP contribution in [0.5, 0.6) is 0 Å². The fourth-order valence-corrected chi connectivity index (χ4v) is 2.39. The summed E-state index contributed by atoms with van der Waals surface area (Å²) in [5.41, 5.74) is 1.49. The summed E-state index contributed by atoms with van der Waals surface area (Å²) in [5.74, 6) is -0.422. The van der Waals surface area contributed by atoms with Crippen LogP contribution in [0.3, 0.4) is 0 Å². The van der Waals surface area contributed by atoms with Gasteiger partial charge in [-0.25, -0.2) is 0 Å². The molecule has 1 aromatic heterocycles. The highest BCUT2D eigenvalue weighted by atomic mass is 32.1. The summed E-state index contributed by atoms with van der Waals surface area (Å²) in [7, 11) is 0. The second kappa shape index (κ2) is 6.86. The van der Waals surface area contributed by atoms with Crippen molar-refractivity contribution in [3.63, 3.8) is 0 Å². The molecule has 0 fully saturated rings. The van der Waals surface area contributed by atoms with Crippen LogP contribution >= 0.6 is 11.3 Å². The van der Waals surface area contributed by atoms with Crippen LogP contribution in [-0.4, -0.2) is 18.4 Å². The van der Waals surface area contributed by atoms with E-state index in [0.717, 1.165) is 10.4 Å². The van der Waals surface area contributed by atoms with Crippen molar-refractivity contribution < 1.29 is 9.59 Å². The number of benzene rings is 1. The summed E-state index contributed by atoms with van der Waals surface area (Å²) in [6.45, 7) is 2.35. The van der Waals surface area contributed by atoms with Crippen molar-refractivity contribution in [1.82, 2.24) is 10.6 Å². The molecule has 1 aromatic carbocycles. The Hall–Kier alpha value is -2.14. The van der Waals surface area contributed by atoms with Crippen LogP contribution < -0.4 is 10.6 Å². The third kappa shape index (κ3) is 3.93. The molecular weight excluding hydrogens is 272 g/mol. The van der Waals surface area contributed by atoms with Crippen molar-refractivity contribution in [2.24, 2.45) is 0 Å². The number of aryl methyl sites for hydroxylation is 1. The van der Waals surface area contributed by atoms with Gasteiger partial charge in [-0.1, -0.05) is 24.3 Å². The molecule has 0 saturated carbocycles. The zero-order valence-corrected chi connectivity index (χ0v) is 12.0. The van der Waals surface area contributed by atoms with Gasteiger partial charge in [-0.05, 0) is 30.0 Å². The molecule has 0 atom stereocenters. The highest BCUT2D eigenvalue weighted by Crippen LogP contribution is 2.07. The first-order chi connectivity index (χ1) is 9.66. The molecule has 0 radical (unpaired) electrons. The van der Waals surface area contributed by atoms with E-state index in [4.69, 9.17) is 0 Å². The number of carbonyl (C=O) groups is 2. The molecule has 0 spiro atoms. The van der Waals surface area contributed by atoms with Crippen LogP contribution in [-0.2, 0) is 11.3 Å². The Labute approximate surface area is 121 Å². The number of hydrogen-bond acceptors (Lipinski definition) is 3. The van der Waals surface area contributed by atoms with E-state index in [0.29, 0.717) is 12.1 Å². The topological polar surface area (TPSA) is 58.2 Å². The van der Waals surface area contributed by atoms with E-state index in [9.17, 15) is 9.59 Å². The maximum atomic E-state index is 11.9. The molecule has 4 nitrogen and oxygen atoms in total. The Kier molecular flexibility index (Phi) is 4.90. The van der Waals surface area contributed by atoms with E-state index in [1.54, 1.807) is 23.5 Å². The molecule has 0 saturated heterocycles. The number of amides is 2. The summed E-state index contributed by atoms with van der Waals surface area (Å²) < 4.78 is 0. The standard InChI is InChI=1S/C15H16N2O2S/c1-11-5-2-3-7-13(11)15(19)17-10-14(18)16-9-12-6-4-8-20-12/h2-8H,9-10H2,1H3,(H,16,18)(H,17,19). The molecule has 104 valence electrons. The van der Waals surface area contributed by atoms with Gasteiger partial charge < -0.3 is 10.6 Å². The minimum Gasteiger partial charge on any atom is -0.350 e. The molecule has 0 aliphatic heterocycles. The largest absolute Gasteiger partial charge is 0.350 e. The van der Waals surface area contributed by atoms with Gasteiger partial charge in [0.1, 0.15) is 0 Å². The second-order valence-corrected chi connectivity index (χ2v) is 5.39. The quantitative estimate of drug-likeness (QED) is 0.885. The second-order valence-electron chi connectivity index (χ2n) is 4.35. The Morgan fingerprint density at radius 3 is 2.60 bits per heavy atom. The number of thiophene rings is 1. The normalized spacial score (nSPS) is 10.1. The lowest BCUT2D eigenvalue weighted by molar-refractivity contribution is -0.120. The van der Waals surface area contributed by atoms with Gasteiger partial charge in [-0.2, -0.15) is 0 Å². The van der Waals surface area contributed by atoms with E-state index >= 15 is 0 Å². The average Bonchev–Trinajstić information content (AvgIpc) is 2.96. The van der Waals surface area contributed by atoms with E-state index in [1.165, 1.54) is 0 Å². The minimum absolute atomic E-state index is 0.0153. The first-order valence-corrected chi connectivity index (χ1v) is 7.17. The van der Waals surface area contributed by atoms with Gasteiger partial charge in [0.05, 0.1) is 13.1 Å². The number of nitrogens with one attached hydrogen (secondary N) is 2. The Morgan fingerprint density at radius 1 is 1.10 bits per heavy atom. The van der Waals surface area contributed by atoms with Crippen molar-refractivity contribution >= 4 is 23.2 Å². The molecule has 2 aromatic rings. The van der Waals surface area contributed by atoms with Gasteiger partial charge in [0, 0.05) is 10.4 Å². The van der Waals surface area contributed by atoms with Crippen molar-refractivity contribution in [2.75, 3.05) is 6.54 Å². The summed E-state index contributed by atoms with van der Waals surface area (Å²) in [6, 6.07) is 11.2. The lowest BCUT2D eigenvalue weighted by atomic mass is 10.1. The average molecular weight is 288 g/mol. The molecule has 5 heteroatoms. The smallest absolute Gasteiger partial charge is 0.251 e. The minimum atomic E-state index is -0.227. The SMILES string of the molecule is Cc1ccccc1C(=O)NCC(=O)NCc1cccs1. The van der Waals surface area contributed by atoms with E-state index < -0.39 is 0 Å². The highest BCUT2D eigenvalue weighted by Gasteiger charge is 2.09. The maximum Gasteiger partial charge on any atom is 0.251 e. The van der Waals surface area contributed by atoms with Crippen molar-refractivity contribution in [2.45, 2.75) is 13.5 Å². The molecule has 0 aliphatic carbocycles. The number of hydrogen-bond donors (Lipinski definition) is 2. The first kappa shape index (κ1) is 14.3. The van der Waals surface area contributed by atoms with Crippen LogP contribution in [0.25, 0.3) is 0 Å². The van der Waals surface area contributed by atoms with Crippen LogP contribution in [0, 0.1) is 6.92 Å². The van der Waals surface area contributed by atoms with Crippen molar-refractivity contribution in [3.8, 4) is 0 Å². The lowest BCUT2D eigenvalue weighted by Crippen LogP contribution is -2.36. The first-order valence-electron chi connectivity index (χ1n) is 6.29. The van der Waals surface area contributed by atoms with Crippen LogP contribution in [0.15, 0.2) is 41.8 Å². The summed E-state index contributed by atoms with van der Waals surface area (Å²) in [6.07, 6.45) is 0. The van der Waals surface area contributed by atoms with Gasteiger partial charge in [0.2, 0.25) is 5.91 Å². The van der Waals surface area contributed by atoms with E-state index in [-0.39, 0.29) is 18.4 Å². The van der Waals surface area contributed by atoms with Gasteiger partial charge in [0.25, 0.3) is 5.91 Å². The predicted octanol–water partition coefficient (Wildman–Crippen LogP) is 2.10. The zero-order chi connectivity index (χ0) is 14.4. The third-order valence-electron chi connectivity index (χ3n) is 2.84. The fraction of sp³-hybridized carbons (Fsp3) is 0.200. The molecule has 0 unspecified atom stereocenters. The Morgan fingerprint density at radius 2 is 1.90 bits per heavy atom. The third-order valence-corrected chi connectivity index (χ3v) is 3.72. The monoisotopic (exact) mass is 288 g/mol. The van der Waals surface area contributed by atoms with Gasteiger partial charge in [-0.3, -0.25) is 9.59 Å². The molecule has 20 heavy (non-hydrogen) atoms. The van der Waals surface area contributed by atoms with Gasteiger partial charge in [-0.15, -0.1) is 11.3 Å². The molecule has 1 heterocycles. The molecular formula is C15H16N2O2S. The molecule has 2 N–H and O–H groups in total. The van der Waals surface area contributed by atoms with Crippen molar-refractivity contribution in [3.05, 3.63) is 57.8 Å².